The molecule has 31 heavy (non-hydrogen) atoms. The summed E-state index contributed by atoms with van der Waals surface area (Å²) < 4.78 is 13.4. The molecule has 0 bridgehead atoms. The summed E-state index contributed by atoms with van der Waals surface area (Å²) in [5.41, 5.74) is 0.934. The van der Waals surface area contributed by atoms with E-state index in [0.717, 1.165) is 35.4 Å². The number of rotatable bonds is 7. The number of carbonyl (C=O) groups is 1. The number of nitrogens with one attached hydrogen (secondary N) is 1. The van der Waals surface area contributed by atoms with Crippen molar-refractivity contribution in [2.75, 3.05) is 18.0 Å². The van der Waals surface area contributed by atoms with Gasteiger partial charge >= 0.3 is 0 Å². The van der Waals surface area contributed by atoms with E-state index in [1.54, 1.807) is 30.2 Å². The Kier molecular flexibility index (Phi) is 6.62. The minimum absolute atomic E-state index is 0.185. The highest BCUT2D eigenvalue weighted by Gasteiger charge is 2.23. The van der Waals surface area contributed by atoms with E-state index in [4.69, 9.17) is 9.15 Å². The zero-order valence-corrected chi connectivity index (χ0v) is 18.8. The Morgan fingerprint density at radius 3 is 2.68 bits per heavy atom. The number of hydrogen-bond donors (Lipinski definition) is 1. The first kappa shape index (κ1) is 21.5. The van der Waals surface area contributed by atoms with E-state index in [1.165, 1.54) is 0 Å². The molecule has 4 heterocycles. The molecule has 3 aromatic rings. The van der Waals surface area contributed by atoms with Crippen LogP contribution >= 0.6 is 11.8 Å². The quantitative estimate of drug-likeness (QED) is 0.563. The van der Waals surface area contributed by atoms with Crippen molar-refractivity contribution in [3.05, 3.63) is 59.9 Å². The molecule has 164 valence electrons. The Labute approximate surface area is 186 Å². The first-order valence-electron chi connectivity index (χ1n) is 10.3. The molecule has 2 unspecified atom stereocenters. The Bertz CT molecular complexity index is 1010. The summed E-state index contributed by atoms with van der Waals surface area (Å²) in [5.74, 6) is 2.34. The van der Waals surface area contributed by atoms with Gasteiger partial charge in [-0.1, -0.05) is 17.8 Å². The maximum Gasteiger partial charge on any atom is 0.287 e. The molecular weight excluding hydrogens is 414 g/mol. The first-order valence-corrected chi connectivity index (χ1v) is 11.3. The largest absolute Gasteiger partial charge is 0.455 e. The van der Waals surface area contributed by atoms with Crippen LogP contribution in [-0.2, 0) is 24.1 Å². The van der Waals surface area contributed by atoms with Crippen molar-refractivity contribution in [3.63, 3.8) is 0 Å². The molecule has 2 atom stereocenters. The average Bonchev–Trinajstić information content (AvgIpc) is 3.39. The third-order valence-corrected chi connectivity index (χ3v) is 6.09. The van der Waals surface area contributed by atoms with Crippen LogP contribution < -0.4 is 10.2 Å². The summed E-state index contributed by atoms with van der Waals surface area (Å²) in [6, 6.07) is 7.51. The number of ether oxygens (including phenoxy) is 1. The van der Waals surface area contributed by atoms with E-state index in [1.807, 2.05) is 36.0 Å². The van der Waals surface area contributed by atoms with Gasteiger partial charge in [0.25, 0.3) is 5.91 Å². The molecule has 1 fully saturated rings. The van der Waals surface area contributed by atoms with Crippen molar-refractivity contribution in [1.29, 1.82) is 0 Å². The lowest BCUT2D eigenvalue weighted by molar-refractivity contribution is -0.00546. The molecule has 0 aromatic carbocycles. The third-order valence-electron chi connectivity index (χ3n) is 5.01. The summed E-state index contributed by atoms with van der Waals surface area (Å²) in [5, 5.41) is 3.79. The Hall–Kier alpha value is -2.78. The molecule has 9 heteroatoms. The topological polar surface area (TPSA) is 85.4 Å². The number of imidazole rings is 1. The van der Waals surface area contributed by atoms with Crippen LogP contribution in [0.1, 0.15) is 35.7 Å². The normalized spacial score (nSPS) is 18.9. The zero-order chi connectivity index (χ0) is 21.8. The van der Waals surface area contributed by atoms with E-state index in [-0.39, 0.29) is 18.1 Å². The van der Waals surface area contributed by atoms with Gasteiger partial charge in [-0.3, -0.25) is 4.79 Å². The smallest absolute Gasteiger partial charge is 0.287 e. The van der Waals surface area contributed by atoms with Gasteiger partial charge < -0.3 is 23.9 Å². The Balaban J connectivity index is 1.28. The van der Waals surface area contributed by atoms with Crippen molar-refractivity contribution in [1.82, 2.24) is 19.9 Å². The van der Waals surface area contributed by atoms with E-state index in [2.05, 4.69) is 34.0 Å². The van der Waals surface area contributed by atoms with Gasteiger partial charge in [0.05, 0.1) is 18.0 Å². The number of aromatic nitrogens is 3. The predicted molar refractivity (Wildman–Crippen MR) is 119 cm³/mol. The number of morpholine rings is 1. The maximum absolute atomic E-state index is 12.4. The van der Waals surface area contributed by atoms with Crippen LogP contribution in [0.2, 0.25) is 0 Å². The SMILES string of the molecule is CC1CN(c2ccc(CNC(=O)c3ccc(CSc4nccn4C)o3)cn2)CC(C)O1. The highest BCUT2D eigenvalue weighted by atomic mass is 32.2. The lowest BCUT2D eigenvalue weighted by atomic mass is 10.2. The van der Waals surface area contributed by atoms with Gasteiger partial charge in [0.15, 0.2) is 10.9 Å². The summed E-state index contributed by atoms with van der Waals surface area (Å²) in [6.07, 6.45) is 5.83. The van der Waals surface area contributed by atoms with Gasteiger partial charge in [-0.25, -0.2) is 9.97 Å². The second-order valence-corrected chi connectivity index (χ2v) is 8.69. The van der Waals surface area contributed by atoms with Crippen LogP contribution in [0.4, 0.5) is 5.82 Å². The van der Waals surface area contributed by atoms with Gasteiger partial charge in [-0.05, 0) is 37.6 Å². The monoisotopic (exact) mass is 441 g/mol. The predicted octanol–water partition coefficient (Wildman–Crippen LogP) is 3.24. The van der Waals surface area contributed by atoms with Crippen molar-refractivity contribution in [2.24, 2.45) is 7.05 Å². The van der Waals surface area contributed by atoms with E-state index in [9.17, 15) is 4.79 Å². The fourth-order valence-corrected chi connectivity index (χ4v) is 4.37. The van der Waals surface area contributed by atoms with E-state index < -0.39 is 0 Å². The van der Waals surface area contributed by atoms with Crippen molar-refractivity contribution in [3.8, 4) is 0 Å². The molecule has 1 amide bonds. The molecular formula is C22H27N5O3S. The number of pyridine rings is 1. The van der Waals surface area contributed by atoms with Crippen LogP contribution in [0.3, 0.4) is 0 Å². The second kappa shape index (κ2) is 9.57. The standard InChI is InChI=1S/C22H27N5O3S/c1-15-12-27(13-16(2)29-15)20-7-4-17(10-24-20)11-25-21(28)19-6-5-18(30-19)14-31-22-23-8-9-26(22)3/h4-10,15-16H,11-14H2,1-3H3,(H,25,28). The summed E-state index contributed by atoms with van der Waals surface area (Å²) in [4.78, 5) is 23.5. The van der Waals surface area contributed by atoms with E-state index in [0.29, 0.717) is 18.1 Å². The third kappa shape index (κ3) is 5.48. The van der Waals surface area contributed by atoms with Crippen molar-refractivity contribution < 1.29 is 13.9 Å². The number of amides is 1. The average molecular weight is 442 g/mol. The summed E-state index contributed by atoms with van der Waals surface area (Å²) in [7, 11) is 1.94. The molecule has 1 aliphatic rings. The summed E-state index contributed by atoms with van der Waals surface area (Å²) >= 11 is 1.56. The Morgan fingerprint density at radius 2 is 2.00 bits per heavy atom. The van der Waals surface area contributed by atoms with Gasteiger partial charge in [-0.2, -0.15) is 0 Å². The van der Waals surface area contributed by atoms with Gasteiger partial charge in [0.1, 0.15) is 11.6 Å². The molecule has 4 rings (SSSR count). The number of aryl methyl sites for hydroxylation is 1. The van der Waals surface area contributed by atoms with Crippen LogP contribution in [-0.4, -0.2) is 45.7 Å². The fourth-order valence-electron chi connectivity index (χ4n) is 3.55. The molecule has 1 saturated heterocycles. The number of nitrogens with zero attached hydrogens (tertiary/aromatic N) is 4. The zero-order valence-electron chi connectivity index (χ0n) is 17.9. The molecule has 0 saturated carbocycles. The molecule has 0 aliphatic carbocycles. The van der Waals surface area contributed by atoms with Crippen LogP contribution in [0.15, 0.2) is 52.4 Å². The second-order valence-electron chi connectivity index (χ2n) is 7.74. The van der Waals surface area contributed by atoms with E-state index >= 15 is 0 Å². The minimum atomic E-state index is -0.242. The molecule has 3 aromatic heterocycles. The highest BCUT2D eigenvalue weighted by molar-refractivity contribution is 7.98. The lowest BCUT2D eigenvalue weighted by Crippen LogP contribution is -2.45. The molecule has 8 nitrogen and oxygen atoms in total. The fraction of sp³-hybridized carbons (Fsp3) is 0.409. The van der Waals surface area contributed by atoms with Gasteiger partial charge in [0.2, 0.25) is 0 Å². The molecule has 1 aliphatic heterocycles. The molecule has 1 N–H and O–H groups in total. The highest BCUT2D eigenvalue weighted by Crippen LogP contribution is 2.22. The minimum Gasteiger partial charge on any atom is -0.455 e. The molecule has 0 radical (unpaired) electrons. The Morgan fingerprint density at radius 1 is 1.19 bits per heavy atom. The van der Waals surface area contributed by atoms with Crippen LogP contribution in [0.5, 0.6) is 0 Å². The lowest BCUT2D eigenvalue weighted by Gasteiger charge is -2.36. The number of carbonyl (C=O) groups excluding carboxylic acids is 1. The first-order chi connectivity index (χ1) is 15.0. The van der Waals surface area contributed by atoms with Crippen molar-refractivity contribution in [2.45, 2.75) is 43.5 Å². The van der Waals surface area contributed by atoms with Crippen LogP contribution in [0, 0.1) is 0 Å². The molecule has 0 spiro atoms. The maximum atomic E-state index is 12.4. The number of thioether (sulfide) groups is 1. The number of anilines is 1. The van der Waals surface area contributed by atoms with Crippen molar-refractivity contribution >= 4 is 23.5 Å². The number of hydrogen-bond acceptors (Lipinski definition) is 7. The van der Waals surface area contributed by atoms with Gasteiger partial charge in [0, 0.05) is 45.3 Å². The summed E-state index contributed by atoms with van der Waals surface area (Å²) in [6.45, 7) is 6.19. The van der Waals surface area contributed by atoms with Crippen LogP contribution in [0.25, 0.3) is 0 Å². The number of furan rings is 1. The van der Waals surface area contributed by atoms with Gasteiger partial charge in [-0.15, -0.1) is 0 Å².